The number of benzene rings is 1. The summed E-state index contributed by atoms with van der Waals surface area (Å²) < 4.78 is 2.92. The van der Waals surface area contributed by atoms with Crippen LogP contribution in [0.1, 0.15) is 37.6 Å². The second-order valence-electron chi connectivity index (χ2n) is 8.12. The standard InChI is InChI=1S/C24H22Cl2N4O3/c1-5-15-7-6-10-28(12-15)21-20(22(31)29(13(2)3)24(21)33)19-14(4)27-30(23(19)32)16-8-9-17(25)18(26)11-16/h6-13H,5H2,1-4H3/p+1. The van der Waals surface area contributed by atoms with Crippen LogP contribution in [0.3, 0.4) is 0 Å². The van der Waals surface area contributed by atoms with E-state index in [0.29, 0.717) is 21.4 Å². The summed E-state index contributed by atoms with van der Waals surface area (Å²) in [6.07, 6.45) is 4.28. The minimum absolute atomic E-state index is 0.0736. The fraction of sp³-hybridized carbons (Fsp3) is 0.250. The van der Waals surface area contributed by atoms with Gasteiger partial charge in [-0.15, -0.1) is 0 Å². The molecule has 1 aromatic carbocycles. The third-order valence-corrected chi connectivity index (χ3v) is 6.36. The van der Waals surface area contributed by atoms with Crippen LogP contribution in [0.15, 0.2) is 47.5 Å². The maximum absolute atomic E-state index is 13.5. The normalized spacial score (nSPS) is 14.2. The zero-order chi connectivity index (χ0) is 24.0. The molecule has 0 saturated heterocycles. The van der Waals surface area contributed by atoms with Crippen molar-refractivity contribution in [1.29, 1.82) is 0 Å². The fourth-order valence-corrected chi connectivity index (χ4v) is 4.28. The maximum atomic E-state index is 13.5. The van der Waals surface area contributed by atoms with Crippen molar-refractivity contribution in [2.24, 2.45) is 0 Å². The monoisotopic (exact) mass is 485 g/mol. The highest BCUT2D eigenvalue weighted by molar-refractivity contribution is 6.44. The summed E-state index contributed by atoms with van der Waals surface area (Å²) in [6, 6.07) is 8.18. The molecular weight excluding hydrogens is 463 g/mol. The lowest BCUT2D eigenvalue weighted by molar-refractivity contribution is -0.577. The van der Waals surface area contributed by atoms with E-state index in [2.05, 4.69) is 5.10 Å². The van der Waals surface area contributed by atoms with Crippen molar-refractivity contribution < 1.29 is 14.2 Å². The molecule has 33 heavy (non-hydrogen) atoms. The number of imide groups is 1. The van der Waals surface area contributed by atoms with E-state index in [0.717, 1.165) is 12.0 Å². The Kier molecular flexibility index (Phi) is 6.03. The molecule has 1 aliphatic heterocycles. The number of aromatic amines is 1. The van der Waals surface area contributed by atoms with Gasteiger partial charge in [0.05, 0.1) is 21.3 Å². The van der Waals surface area contributed by atoms with Gasteiger partial charge in [0.15, 0.2) is 12.4 Å². The van der Waals surface area contributed by atoms with Crippen molar-refractivity contribution in [2.75, 3.05) is 0 Å². The zero-order valence-electron chi connectivity index (χ0n) is 18.6. The van der Waals surface area contributed by atoms with E-state index in [4.69, 9.17) is 23.2 Å². The number of nitrogens with zero attached hydrogens (tertiary/aromatic N) is 3. The summed E-state index contributed by atoms with van der Waals surface area (Å²) in [4.78, 5) is 41.6. The largest absolute Gasteiger partial charge is 0.327 e. The summed E-state index contributed by atoms with van der Waals surface area (Å²) in [6.45, 7) is 7.23. The quantitative estimate of drug-likeness (QED) is 0.441. The van der Waals surface area contributed by atoms with Crippen LogP contribution in [0, 0.1) is 6.92 Å². The zero-order valence-corrected chi connectivity index (χ0v) is 20.2. The fourth-order valence-electron chi connectivity index (χ4n) is 3.99. The minimum atomic E-state index is -0.500. The molecule has 0 fully saturated rings. The maximum Gasteiger partial charge on any atom is 0.327 e. The number of nitrogens with one attached hydrogen (secondary N) is 1. The smallest absolute Gasteiger partial charge is 0.295 e. The number of rotatable bonds is 5. The van der Waals surface area contributed by atoms with Crippen molar-refractivity contribution in [3.05, 3.63) is 79.9 Å². The van der Waals surface area contributed by atoms with E-state index in [1.54, 1.807) is 49.7 Å². The molecule has 4 rings (SSSR count). The summed E-state index contributed by atoms with van der Waals surface area (Å²) in [5, 5.41) is 3.65. The third-order valence-electron chi connectivity index (χ3n) is 5.62. The molecule has 0 saturated carbocycles. The number of halogens is 2. The predicted molar refractivity (Wildman–Crippen MR) is 127 cm³/mol. The van der Waals surface area contributed by atoms with Gasteiger partial charge in [-0.2, -0.15) is 4.57 Å². The molecule has 2 aromatic heterocycles. The summed E-state index contributed by atoms with van der Waals surface area (Å²) >= 11 is 12.2. The number of carbonyl (C=O) groups is 2. The molecule has 1 aliphatic rings. The highest BCUT2D eigenvalue weighted by Crippen LogP contribution is 2.31. The van der Waals surface area contributed by atoms with Gasteiger partial charge in [-0.1, -0.05) is 30.1 Å². The Balaban J connectivity index is 1.99. The average molecular weight is 486 g/mol. The Bertz CT molecular complexity index is 1380. The summed E-state index contributed by atoms with van der Waals surface area (Å²) in [5.41, 5.74) is 1.83. The van der Waals surface area contributed by atoms with Gasteiger partial charge in [-0.25, -0.2) is 4.68 Å². The number of amides is 2. The lowest BCUT2D eigenvalue weighted by Gasteiger charge is -2.17. The van der Waals surface area contributed by atoms with Crippen molar-refractivity contribution in [3.63, 3.8) is 0 Å². The molecular formula is C24H23Cl2N4O3+. The molecule has 170 valence electrons. The number of hydrogen-bond donors (Lipinski definition) is 1. The molecule has 0 bridgehead atoms. The first-order valence-electron chi connectivity index (χ1n) is 10.6. The number of hydrogen-bond acceptors (Lipinski definition) is 3. The van der Waals surface area contributed by atoms with E-state index in [9.17, 15) is 14.4 Å². The highest BCUT2D eigenvalue weighted by atomic mass is 35.5. The van der Waals surface area contributed by atoms with Crippen LogP contribution in [0.5, 0.6) is 0 Å². The lowest BCUT2D eigenvalue weighted by Crippen LogP contribution is -2.42. The summed E-state index contributed by atoms with van der Waals surface area (Å²) in [7, 11) is 0. The molecule has 0 spiro atoms. The molecule has 0 atom stereocenters. The molecule has 3 aromatic rings. The van der Waals surface area contributed by atoms with E-state index >= 15 is 0 Å². The van der Waals surface area contributed by atoms with Gasteiger partial charge >= 0.3 is 5.91 Å². The number of aromatic nitrogens is 3. The Morgan fingerprint density at radius 3 is 2.42 bits per heavy atom. The number of pyridine rings is 1. The Labute approximate surface area is 200 Å². The van der Waals surface area contributed by atoms with Crippen LogP contribution >= 0.6 is 23.2 Å². The third kappa shape index (κ3) is 3.81. The van der Waals surface area contributed by atoms with Crippen LogP contribution in [0.25, 0.3) is 17.0 Å². The number of H-pyrrole nitrogens is 1. The Morgan fingerprint density at radius 1 is 1.06 bits per heavy atom. The van der Waals surface area contributed by atoms with Gasteiger partial charge in [0.25, 0.3) is 17.2 Å². The second kappa shape index (κ2) is 8.65. The van der Waals surface area contributed by atoms with Gasteiger partial charge in [0.2, 0.25) is 0 Å². The van der Waals surface area contributed by atoms with E-state index in [1.165, 1.54) is 9.58 Å². The van der Waals surface area contributed by atoms with Crippen molar-refractivity contribution in [1.82, 2.24) is 14.7 Å². The van der Waals surface area contributed by atoms with Crippen LogP contribution in [-0.2, 0) is 16.0 Å². The molecule has 1 N–H and O–H groups in total. The first-order chi connectivity index (χ1) is 15.6. The van der Waals surface area contributed by atoms with Crippen LogP contribution in [-0.4, -0.2) is 32.5 Å². The molecule has 0 radical (unpaired) electrons. The van der Waals surface area contributed by atoms with Gasteiger partial charge in [-0.3, -0.25) is 24.4 Å². The average Bonchev–Trinajstić information content (AvgIpc) is 3.21. The van der Waals surface area contributed by atoms with E-state index in [1.807, 2.05) is 25.3 Å². The topological polar surface area (TPSA) is 79.1 Å². The van der Waals surface area contributed by atoms with Crippen molar-refractivity contribution >= 4 is 46.3 Å². The summed E-state index contributed by atoms with van der Waals surface area (Å²) in [5.74, 6) is -0.941. The lowest BCUT2D eigenvalue weighted by atomic mass is 10.1. The van der Waals surface area contributed by atoms with Gasteiger partial charge in [0.1, 0.15) is 5.57 Å². The van der Waals surface area contributed by atoms with Crippen molar-refractivity contribution in [2.45, 2.75) is 40.2 Å². The highest BCUT2D eigenvalue weighted by Gasteiger charge is 2.48. The van der Waals surface area contributed by atoms with Gasteiger partial charge < -0.3 is 0 Å². The van der Waals surface area contributed by atoms with E-state index in [-0.39, 0.29) is 22.9 Å². The van der Waals surface area contributed by atoms with Crippen LogP contribution in [0.2, 0.25) is 10.0 Å². The van der Waals surface area contributed by atoms with Crippen LogP contribution < -0.4 is 10.1 Å². The van der Waals surface area contributed by atoms with Crippen molar-refractivity contribution in [3.8, 4) is 5.69 Å². The first-order valence-corrected chi connectivity index (χ1v) is 11.3. The van der Waals surface area contributed by atoms with Gasteiger partial charge in [-0.05, 0) is 51.5 Å². The second-order valence-corrected chi connectivity index (χ2v) is 8.94. The Hall–Kier alpha value is -3.16. The SMILES string of the molecule is CCc1ccc[n+](C2=C(c3c(C)[nH]n(-c4ccc(Cl)c(Cl)c4)c3=O)C(=O)N(C(C)C)C2=O)c1. The molecule has 9 heteroatoms. The first kappa shape index (κ1) is 23.0. The molecule has 2 amide bonds. The number of carbonyl (C=O) groups excluding carboxylic acids is 2. The van der Waals surface area contributed by atoms with E-state index < -0.39 is 17.4 Å². The molecule has 0 aliphatic carbocycles. The van der Waals surface area contributed by atoms with Gasteiger partial charge in [0, 0.05) is 23.4 Å². The molecule has 0 unspecified atom stereocenters. The number of aryl methyl sites for hydroxylation is 2. The minimum Gasteiger partial charge on any atom is -0.295 e. The predicted octanol–water partition coefficient (Wildman–Crippen LogP) is 3.78. The molecule has 3 heterocycles. The molecule has 7 nitrogen and oxygen atoms in total. The van der Waals surface area contributed by atoms with Crippen LogP contribution in [0.4, 0.5) is 0 Å². The Morgan fingerprint density at radius 2 is 1.79 bits per heavy atom.